The molecule has 39 heavy (non-hydrogen) atoms. The summed E-state index contributed by atoms with van der Waals surface area (Å²) < 4.78 is 6.17. The highest BCUT2D eigenvalue weighted by Gasteiger charge is 2.32. The van der Waals surface area contributed by atoms with Crippen molar-refractivity contribution in [2.24, 2.45) is 0 Å². The Balaban J connectivity index is 1.29. The van der Waals surface area contributed by atoms with E-state index in [4.69, 9.17) is 4.74 Å². The average Bonchev–Trinajstić information content (AvgIpc) is 3.45. The second kappa shape index (κ2) is 12.1. The van der Waals surface area contributed by atoms with Crippen LogP contribution in [0.2, 0.25) is 0 Å². The van der Waals surface area contributed by atoms with Gasteiger partial charge in [0.05, 0.1) is 6.04 Å². The number of aromatic nitrogens is 1. The van der Waals surface area contributed by atoms with E-state index < -0.39 is 0 Å². The van der Waals surface area contributed by atoms with Crippen LogP contribution in [0.15, 0.2) is 60.5 Å². The number of carbonyl (C=O) groups excluding carboxylic acids is 2. The molecule has 0 N–H and O–H groups in total. The van der Waals surface area contributed by atoms with Gasteiger partial charge in [0.2, 0.25) is 5.91 Å². The summed E-state index contributed by atoms with van der Waals surface area (Å²) in [5, 5.41) is 2.59. The molecule has 0 bridgehead atoms. The van der Waals surface area contributed by atoms with Gasteiger partial charge >= 0.3 is 0 Å². The Morgan fingerprint density at radius 1 is 1.10 bits per heavy atom. The molecule has 2 aliphatic heterocycles. The van der Waals surface area contributed by atoms with Gasteiger partial charge in [0, 0.05) is 51.1 Å². The highest BCUT2D eigenvalue weighted by Crippen LogP contribution is 2.37. The van der Waals surface area contributed by atoms with Gasteiger partial charge in [0.1, 0.15) is 23.1 Å². The lowest BCUT2D eigenvalue weighted by Crippen LogP contribution is -2.48. The van der Waals surface area contributed by atoms with Crippen LogP contribution in [-0.4, -0.2) is 70.8 Å². The lowest BCUT2D eigenvalue weighted by molar-refractivity contribution is -0.132. The molecule has 1 saturated heterocycles. The Morgan fingerprint density at radius 3 is 2.59 bits per heavy atom. The van der Waals surface area contributed by atoms with Gasteiger partial charge in [0.15, 0.2) is 0 Å². The molecule has 3 heterocycles. The quantitative estimate of drug-likeness (QED) is 0.379. The van der Waals surface area contributed by atoms with E-state index in [-0.39, 0.29) is 24.5 Å². The molecule has 1 atom stereocenters. The fraction of sp³-hybridized carbons (Fsp3) is 0.387. The first-order chi connectivity index (χ1) is 19.0. The molecule has 5 rings (SSSR count). The molecule has 7 nitrogen and oxygen atoms in total. The van der Waals surface area contributed by atoms with Crippen LogP contribution in [0.4, 0.5) is 0 Å². The minimum atomic E-state index is -0.138. The summed E-state index contributed by atoms with van der Waals surface area (Å²) in [4.78, 5) is 36.6. The summed E-state index contributed by atoms with van der Waals surface area (Å²) in [7, 11) is 0. The van der Waals surface area contributed by atoms with Crippen molar-refractivity contribution in [3.63, 3.8) is 0 Å². The summed E-state index contributed by atoms with van der Waals surface area (Å²) in [6.07, 6.45) is 3.20. The van der Waals surface area contributed by atoms with Crippen LogP contribution < -0.4 is 4.74 Å². The van der Waals surface area contributed by atoms with E-state index in [9.17, 15) is 9.59 Å². The maximum Gasteiger partial charge on any atom is 0.273 e. The van der Waals surface area contributed by atoms with Gasteiger partial charge < -0.3 is 14.5 Å². The smallest absolute Gasteiger partial charge is 0.273 e. The molecule has 8 heteroatoms. The van der Waals surface area contributed by atoms with Crippen molar-refractivity contribution < 1.29 is 14.3 Å². The minimum absolute atomic E-state index is 0.0221. The summed E-state index contributed by atoms with van der Waals surface area (Å²) >= 11 is 1.44. The zero-order valence-electron chi connectivity index (χ0n) is 22.8. The van der Waals surface area contributed by atoms with Gasteiger partial charge in [0.25, 0.3) is 5.91 Å². The normalized spacial score (nSPS) is 17.5. The minimum Gasteiger partial charge on any atom is -0.486 e. The fourth-order valence-corrected chi connectivity index (χ4v) is 6.04. The molecular formula is C31H36N4O3S. The summed E-state index contributed by atoms with van der Waals surface area (Å²) in [5.74, 6) is 0.865. The van der Waals surface area contributed by atoms with Crippen molar-refractivity contribution >= 4 is 23.2 Å². The summed E-state index contributed by atoms with van der Waals surface area (Å²) in [6.45, 7) is 12.7. The van der Waals surface area contributed by atoms with Gasteiger partial charge in [-0.25, -0.2) is 4.98 Å². The van der Waals surface area contributed by atoms with Crippen molar-refractivity contribution in [3.05, 3.63) is 93.5 Å². The lowest BCUT2D eigenvalue weighted by atomic mass is 9.87. The van der Waals surface area contributed by atoms with E-state index in [1.165, 1.54) is 22.5 Å². The first-order valence-corrected chi connectivity index (χ1v) is 14.5. The van der Waals surface area contributed by atoms with Crippen molar-refractivity contribution in [3.8, 4) is 5.75 Å². The number of benzene rings is 2. The Bertz CT molecular complexity index is 1330. The number of amides is 2. The van der Waals surface area contributed by atoms with Gasteiger partial charge in [-0.15, -0.1) is 17.9 Å². The zero-order chi connectivity index (χ0) is 27.4. The summed E-state index contributed by atoms with van der Waals surface area (Å²) in [5.41, 5.74) is 5.12. The highest BCUT2D eigenvalue weighted by molar-refractivity contribution is 7.09. The van der Waals surface area contributed by atoms with Crippen LogP contribution in [0.1, 0.15) is 57.1 Å². The van der Waals surface area contributed by atoms with Gasteiger partial charge in [-0.05, 0) is 42.2 Å². The molecule has 2 aliphatic rings. The Labute approximate surface area is 234 Å². The highest BCUT2D eigenvalue weighted by atomic mass is 32.1. The number of nitrogens with zero attached hydrogens (tertiary/aromatic N) is 4. The SMILES string of the molecule is C=CCN1CCN(C(=O)c2csc(COc3ccc4c(c3)[C@@H](c3ccc(C)cc3)N(C(=O)CC)CC4)n2)CC1. The molecule has 204 valence electrons. The average molecular weight is 545 g/mol. The lowest BCUT2D eigenvalue weighted by Gasteiger charge is -2.38. The van der Waals surface area contributed by atoms with Crippen molar-refractivity contribution in [1.29, 1.82) is 0 Å². The zero-order valence-corrected chi connectivity index (χ0v) is 23.6. The first kappa shape index (κ1) is 27.1. The van der Waals surface area contributed by atoms with Crippen molar-refractivity contribution in [2.45, 2.75) is 39.3 Å². The molecule has 0 saturated carbocycles. The van der Waals surface area contributed by atoms with Crippen LogP contribution in [0, 0.1) is 6.92 Å². The number of rotatable bonds is 8. The molecule has 3 aromatic rings. The van der Waals surface area contributed by atoms with Gasteiger partial charge in [-0.2, -0.15) is 0 Å². The number of fused-ring (bicyclic) bond motifs is 1. The molecule has 2 aromatic carbocycles. The monoisotopic (exact) mass is 544 g/mol. The van der Waals surface area contributed by atoms with Crippen molar-refractivity contribution in [1.82, 2.24) is 19.7 Å². The number of thiazole rings is 1. The van der Waals surface area contributed by atoms with E-state index >= 15 is 0 Å². The number of hydrogen-bond acceptors (Lipinski definition) is 6. The first-order valence-electron chi connectivity index (χ1n) is 13.7. The maximum absolute atomic E-state index is 13.0. The van der Waals surface area contributed by atoms with Crippen LogP contribution in [0.5, 0.6) is 5.75 Å². The largest absolute Gasteiger partial charge is 0.486 e. The number of carbonyl (C=O) groups is 2. The molecule has 0 radical (unpaired) electrons. The number of ether oxygens (including phenoxy) is 1. The number of piperazine rings is 1. The maximum atomic E-state index is 13.0. The van der Waals surface area contributed by atoms with Crippen LogP contribution >= 0.6 is 11.3 Å². The standard InChI is InChI=1S/C31H36N4O3S/c1-4-13-33-15-17-34(18-16-33)31(37)27-21-39-28(32-27)20-38-25-11-10-23-12-14-35(29(36)5-2)30(26(23)19-25)24-8-6-22(3)7-9-24/h4,6-11,19,21,30H,1,5,12-18,20H2,2-3H3/t30-/m1/s1. The third-order valence-corrected chi connectivity index (χ3v) is 8.36. The Kier molecular flexibility index (Phi) is 8.43. The van der Waals surface area contributed by atoms with Crippen LogP contribution in [0.3, 0.4) is 0 Å². The molecule has 0 unspecified atom stereocenters. The third-order valence-electron chi connectivity index (χ3n) is 7.54. The van der Waals surface area contributed by atoms with E-state index in [1.54, 1.807) is 0 Å². The molecule has 1 fully saturated rings. The Hall–Kier alpha value is -3.49. The molecule has 2 amide bonds. The number of hydrogen-bond donors (Lipinski definition) is 0. The second-order valence-corrected chi connectivity index (χ2v) is 11.1. The van der Waals surface area contributed by atoms with E-state index in [2.05, 4.69) is 59.8 Å². The van der Waals surface area contributed by atoms with E-state index in [0.717, 1.165) is 47.9 Å². The molecular weight excluding hydrogens is 508 g/mol. The number of aryl methyl sites for hydroxylation is 1. The van der Waals surface area contributed by atoms with E-state index in [0.29, 0.717) is 31.7 Å². The predicted molar refractivity (Wildman–Crippen MR) is 154 cm³/mol. The molecule has 1 aromatic heterocycles. The topological polar surface area (TPSA) is 66.0 Å². The predicted octanol–water partition coefficient (Wildman–Crippen LogP) is 4.86. The van der Waals surface area contributed by atoms with E-state index in [1.807, 2.05) is 34.2 Å². The fourth-order valence-electron chi connectivity index (χ4n) is 5.36. The van der Waals surface area contributed by atoms with Crippen LogP contribution in [0.25, 0.3) is 0 Å². The Morgan fingerprint density at radius 2 is 1.87 bits per heavy atom. The second-order valence-electron chi connectivity index (χ2n) is 10.2. The van der Waals surface area contributed by atoms with Gasteiger partial charge in [-0.3, -0.25) is 14.5 Å². The molecule has 0 spiro atoms. The van der Waals surface area contributed by atoms with Crippen LogP contribution in [-0.2, 0) is 17.8 Å². The summed E-state index contributed by atoms with van der Waals surface area (Å²) in [6, 6.07) is 14.5. The molecule has 0 aliphatic carbocycles. The van der Waals surface area contributed by atoms with Gasteiger partial charge in [-0.1, -0.05) is 48.9 Å². The third kappa shape index (κ3) is 6.07. The van der Waals surface area contributed by atoms with Crippen molar-refractivity contribution in [2.75, 3.05) is 39.3 Å².